The highest BCUT2D eigenvalue weighted by molar-refractivity contribution is 5.96. The van der Waals surface area contributed by atoms with E-state index < -0.39 is 11.8 Å². The SMILES string of the molecule is CCOC(=O)c1cc(N(C)C(C)C)c(F)cc1N. The van der Waals surface area contributed by atoms with Gasteiger partial charge in [0.05, 0.1) is 17.9 Å². The lowest BCUT2D eigenvalue weighted by Crippen LogP contribution is -2.27. The topological polar surface area (TPSA) is 55.6 Å². The summed E-state index contributed by atoms with van der Waals surface area (Å²) in [7, 11) is 1.76. The molecule has 0 saturated heterocycles. The fraction of sp³-hybridized carbons (Fsp3) is 0.462. The third-order valence-electron chi connectivity index (χ3n) is 2.77. The molecule has 5 heteroatoms. The maximum Gasteiger partial charge on any atom is 0.340 e. The molecule has 100 valence electrons. The molecule has 1 rings (SSSR count). The average Bonchev–Trinajstić information content (AvgIpc) is 2.28. The molecule has 0 aliphatic rings. The molecule has 0 heterocycles. The first kappa shape index (κ1) is 14.3. The van der Waals surface area contributed by atoms with Crippen molar-refractivity contribution < 1.29 is 13.9 Å². The fourth-order valence-electron chi connectivity index (χ4n) is 1.51. The van der Waals surface area contributed by atoms with Crippen molar-refractivity contribution in [1.29, 1.82) is 0 Å². The molecule has 0 bridgehead atoms. The smallest absolute Gasteiger partial charge is 0.340 e. The van der Waals surface area contributed by atoms with Crippen LogP contribution in [0.15, 0.2) is 12.1 Å². The van der Waals surface area contributed by atoms with Crippen LogP contribution in [-0.2, 0) is 4.74 Å². The van der Waals surface area contributed by atoms with Crippen LogP contribution in [0.25, 0.3) is 0 Å². The summed E-state index contributed by atoms with van der Waals surface area (Å²) in [5.74, 6) is -0.981. The van der Waals surface area contributed by atoms with Crippen LogP contribution in [0.4, 0.5) is 15.8 Å². The Kier molecular flexibility index (Phi) is 4.53. The highest BCUT2D eigenvalue weighted by Gasteiger charge is 2.18. The zero-order chi connectivity index (χ0) is 13.9. The van der Waals surface area contributed by atoms with Gasteiger partial charge in [0, 0.05) is 18.8 Å². The van der Waals surface area contributed by atoms with Crippen molar-refractivity contribution in [3.63, 3.8) is 0 Å². The van der Waals surface area contributed by atoms with E-state index in [1.807, 2.05) is 13.8 Å². The van der Waals surface area contributed by atoms with E-state index in [0.29, 0.717) is 5.69 Å². The lowest BCUT2D eigenvalue weighted by molar-refractivity contribution is 0.0527. The van der Waals surface area contributed by atoms with Crippen LogP contribution in [0.3, 0.4) is 0 Å². The highest BCUT2D eigenvalue weighted by Crippen LogP contribution is 2.26. The number of nitrogens with two attached hydrogens (primary N) is 1. The molecule has 0 aromatic heterocycles. The number of esters is 1. The molecule has 0 fully saturated rings. The van der Waals surface area contributed by atoms with E-state index >= 15 is 0 Å². The van der Waals surface area contributed by atoms with Gasteiger partial charge in [-0.1, -0.05) is 0 Å². The second-order valence-electron chi connectivity index (χ2n) is 4.32. The van der Waals surface area contributed by atoms with Crippen LogP contribution >= 0.6 is 0 Å². The van der Waals surface area contributed by atoms with E-state index in [0.717, 1.165) is 6.07 Å². The quantitative estimate of drug-likeness (QED) is 0.662. The number of hydrogen-bond donors (Lipinski definition) is 1. The molecule has 0 aliphatic carbocycles. The van der Waals surface area contributed by atoms with Crippen LogP contribution in [0.1, 0.15) is 31.1 Å². The van der Waals surface area contributed by atoms with Crippen molar-refractivity contribution in [3.05, 3.63) is 23.5 Å². The van der Waals surface area contributed by atoms with Crippen molar-refractivity contribution in [2.75, 3.05) is 24.3 Å². The van der Waals surface area contributed by atoms with E-state index in [1.54, 1.807) is 18.9 Å². The van der Waals surface area contributed by atoms with Gasteiger partial charge in [-0.3, -0.25) is 0 Å². The number of nitrogens with zero attached hydrogens (tertiary/aromatic N) is 1. The van der Waals surface area contributed by atoms with Gasteiger partial charge in [0.25, 0.3) is 0 Å². The summed E-state index contributed by atoms with van der Waals surface area (Å²) in [6.45, 7) is 5.82. The Morgan fingerprint density at radius 1 is 1.50 bits per heavy atom. The molecular weight excluding hydrogens is 235 g/mol. The van der Waals surface area contributed by atoms with E-state index in [-0.39, 0.29) is 23.9 Å². The van der Waals surface area contributed by atoms with Crippen LogP contribution in [0.5, 0.6) is 0 Å². The zero-order valence-electron chi connectivity index (χ0n) is 11.2. The molecule has 4 nitrogen and oxygen atoms in total. The van der Waals surface area contributed by atoms with Crippen LogP contribution in [-0.4, -0.2) is 25.7 Å². The number of rotatable bonds is 4. The predicted octanol–water partition coefficient (Wildman–Crippen LogP) is 2.43. The van der Waals surface area contributed by atoms with E-state index in [2.05, 4.69) is 0 Å². The Morgan fingerprint density at radius 3 is 2.61 bits per heavy atom. The molecule has 1 aromatic carbocycles. The van der Waals surface area contributed by atoms with Crippen molar-refractivity contribution in [2.45, 2.75) is 26.8 Å². The summed E-state index contributed by atoms with van der Waals surface area (Å²) < 4.78 is 18.7. The second kappa shape index (κ2) is 5.71. The van der Waals surface area contributed by atoms with Gasteiger partial charge in [-0.25, -0.2) is 9.18 Å². The summed E-state index contributed by atoms with van der Waals surface area (Å²) in [6.07, 6.45) is 0. The third kappa shape index (κ3) is 2.91. The van der Waals surface area contributed by atoms with Gasteiger partial charge >= 0.3 is 5.97 Å². The van der Waals surface area contributed by atoms with Gasteiger partial charge < -0.3 is 15.4 Å². The third-order valence-corrected chi connectivity index (χ3v) is 2.77. The minimum Gasteiger partial charge on any atom is -0.462 e. The van der Waals surface area contributed by atoms with E-state index in [9.17, 15) is 9.18 Å². The molecule has 0 spiro atoms. The van der Waals surface area contributed by atoms with Gasteiger partial charge in [0.1, 0.15) is 5.82 Å². The second-order valence-corrected chi connectivity index (χ2v) is 4.32. The minimum absolute atomic E-state index is 0.0897. The van der Waals surface area contributed by atoms with Crippen LogP contribution in [0.2, 0.25) is 0 Å². The highest BCUT2D eigenvalue weighted by atomic mass is 19.1. The summed E-state index contributed by atoms with van der Waals surface area (Å²) in [4.78, 5) is 13.4. The standard InChI is InChI=1S/C13H19FN2O2/c1-5-18-13(17)9-6-12(16(4)8(2)3)10(14)7-11(9)15/h6-8H,5,15H2,1-4H3. The van der Waals surface area contributed by atoms with Gasteiger partial charge in [-0.2, -0.15) is 0 Å². The van der Waals surface area contributed by atoms with Gasteiger partial charge in [-0.05, 0) is 32.9 Å². The number of carbonyl (C=O) groups excluding carboxylic acids is 1. The van der Waals surface area contributed by atoms with Gasteiger partial charge in [0.2, 0.25) is 0 Å². The number of carbonyl (C=O) groups is 1. The lowest BCUT2D eigenvalue weighted by atomic mass is 10.1. The summed E-state index contributed by atoms with van der Waals surface area (Å²) in [5.41, 5.74) is 6.26. The number of hydrogen-bond acceptors (Lipinski definition) is 4. The normalized spacial score (nSPS) is 10.6. The maximum atomic E-state index is 13.8. The zero-order valence-corrected chi connectivity index (χ0v) is 11.2. The Bertz CT molecular complexity index is 447. The van der Waals surface area contributed by atoms with Crippen molar-refractivity contribution in [1.82, 2.24) is 0 Å². The van der Waals surface area contributed by atoms with Gasteiger partial charge in [0.15, 0.2) is 0 Å². The molecule has 0 atom stereocenters. The van der Waals surface area contributed by atoms with Crippen LogP contribution < -0.4 is 10.6 Å². The minimum atomic E-state index is -0.534. The van der Waals surface area contributed by atoms with Crippen molar-refractivity contribution in [2.24, 2.45) is 0 Å². The number of anilines is 2. The molecular formula is C13H19FN2O2. The lowest BCUT2D eigenvalue weighted by Gasteiger charge is -2.25. The summed E-state index contributed by atoms with van der Waals surface area (Å²) in [5, 5.41) is 0. The Hall–Kier alpha value is -1.78. The predicted molar refractivity (Wildman–Crippen MR) is 70.3 cm³/mol. The monoisotopic (exact) mass is 254 g/mol. The Labute approximate surface area is 107 Å². The molecule has 0 amide bonds. The van der Waals surface area contributed by atoms with E-state index in [1.165, 1.54) is 6.07 Å². The number of benzene rings is 1. The molecule has 0 aliphatic heterocycles. The van der Waals surface area contributed by atoms with Crippen molar-refractivity contribution >= 4 is 17.3 Å². The van der Waals surface area contributed by atoms with E-state index in [4.69, 9.17) is 10.5 Å². The first-order valence-electron chi connectivity index (χ1n) is 5.87. The fourth-order valence-corrected chi connectivity index (χ4v) is 1.51. The summed E-state index contributed by atoms with van der Waals surface area (Å²) >= 11 is 0. The van der Waals surface area contributed by atoms with Gasteiger partial charge in [-0.15, -0.1) is 0 Å². The number of nitrogen functional groups attached to an aromatic ring is 1. The molecule has 0 radical (unpaired) electrons. The summed E-state index contributed by atoms with van der Waals surface area (Å²) in [6, 6.07) is 2.70. The molecule has 18 heavy (non-hydrogen) atoms. The number of halogens is 1. The number of ether oxygens (including phenoxy) is 1. The molecule has 2 N–H and O–H groups in total. The molecule has 0 saturated carbocycles. The first-order valence-corrected chi connectivity index (χ1v) is 5.87. The Morgan fingerprint density at radius 2 is 2.11 bits per heavy atom. The Balaban J connectivity index is 3.22. The average molecular weight is 254 g/mol. The maximum absolute atomic E-state index is 13.8. The van der Waals surface area contributed by atoms with Crippen LogP contribution in [0, 0.1) is 5.82 Å². The first-order chi connectivity index (χ1) is 8.38. The molecule has 0 unspecified atom stereocenters. The largest absolute Gasteiger partial charge is 0.462 e. The molecule has 1 aromatic rings. The van der Waals surface area contributed by atoms with Crippen molar-refractivity contribution in [3.8, 4) is 0 Å².